The number of benzene rings is 1. The third-order valence-corrected chi connectivity index (χ3v) is 5.53. The average molecular weight is 282 g/mol. The SMILES string of the molecule is CNc1cc(C)c(S(=O)(=O)NCC2CCC2)c(C)c1. The van der Waals surface area contributed by atoms with E-state index in [1.807, 2.05) is 33.0 Å². The second-order valence-corrected chi connectivity index (χ2v) is 7.04. The van der Waals surface area contributed by atoms with Gasteiger partial charge in [-0.3, -0.25) is 0 Å². The quantitative estimate of drug-likeness (QED) is 0.872. The fourth-order valence-electron chi connectivity index (χ4n) is 2.52. The molecule has 1 fully saturated rings. The maximum absolute atomic E-state index is 12.4. The highest BCUT2D eigenvalue weighted by atomic mass is 32.2. The van der Waals surface area contributed by atoms with Crippen molar-refractivity contribution in [3.63, 3.8) is 0 Å². The molecule has 0 bridgehead atoms. The summed E-state index contributed by atoms with van der Waals surface area (Å²) in [5.74, 6) is 0.520. The zero-order valence-corrected chi connectivity index (χ0v) is 12.6. The second kappa shape index (κ2) is 5.51. The highest BCUT2D eigenvalue weighted by Gasteiger charge is 2.23. The van der Waals surface area contributed by atoms with E-state index in [9.17, 15) is 8.42 Å². The molecule has 0 spiro atoms. The van der Waals surface area contributed by atoms with Crippen molar-refractivity contribution < 1.29 is 8.42 Å². The number of hydrogen-bond donors (Lipinski definition) is 2. The first kappa shape index (κ1) is 14.3. The normalized spacial score (nSPS) is 16.2. The molecule has 5 heteroatoms. The van der Waals surface area contributed by atoms with Crippen LogP contribution in [0.4, 0.5) is 5.69 Å². The molecule has 0 unspecified atom stereocenters. The molecule has 0 saturated heterocycles. The molecule has 1 aromatic carbocycles. The van der Waals surface area contributed by atoms with Gasteiger partial charge in [0.1, 0.15) is 0 Å². The molecule has 1 aromatic rings. The van der Waals surface area contributed by atoms with Crippen LogP contribution in [0.25, 0.3) is 0 Å². The first-order valence-corrected chi connectivity index (χ1v) is 8.21. The zero-order chi connectivity index (χ0) is 14.0. The molecule has 1 aliphatic carbocycles. The summed E-state index contributed by atoms with van der Waals surface area (Å²) in [6.07, 6.45) is 3.50. The molecule has 106 valence electrons. The highest BCUT2D eigenvalue weighted by Crippen LogP contribution is 2.27. The van der Waals surface area contributed by atoms with E-state index in [1.54, 1.807) is 0 Å². The van der Waals surface area contributed by atoms with Gasteiger partial charge in [0, 0.05) is 19.3 Å². The monoisotopic (exact) mass is 282 g/mol. The maximum atomic E-state index is 12.4. The molecule has 0 amide bonds. The van der Waals surface area contributed by atoms with Crippen molar-refractivity contribution in [2.24, 2.45) is 5.92 Å². The summed E-state index contributed by atoms with van der Waals surface area (Å²) in [7, 11) is -1.57. The maximum Gasteiger partial charge on any atom is 0.241 e. The second-order valence-electron chi connectivity index (χ2n) is 5.34. The topological polar surface area (TPSA) is 58.2 Å². The molecule has 0 atom stereocenters. The van der Waals surface area contributed by atoms with Crippen molar-refractivity contribution in [2.45, 2.75) is 38.0 Å². The van der Waals surface area contributed by atoms with E-state index in [4.69, 9.17) is 0 Å². The van der Waals surface area contributed by atoms with Gasteiger partial charge in [-0.2, -0.15) is 0 Å². The Morgan fingerprint density at radius 1 is 1.21 bits per heavy atom. The minimum absolute atomic E-state index is 0.422. The van der Waals surface area contributed by atoms with E-state index in [0.29, 0.717) is 17.4 Å². The van der Waals surface area contributed by atoms with E-state index >= 15 is 0 Å². The highest BCUT2D eigenvalue weighted by molar-refractivity contribution is 7.89. The Morgan fingerprint density at radius 3 is 2.21 bits per heavy atom. The summed E-state index contributed by atoms with van der Waals surface area (Å²) in [5.41, 5.74) is 2.50. The van der Waals surface area contributed by atoms with E-state index in [2.05, 4.69) is 10.0 Å². The van der Waals surface area contributed by atoms with Crippen LogP contribution in [0.15, 0.2) is 17.0 Å². The molecule has 0 aliphatic heterocycles. The van der Waals surface area contributed by atoms with Gasteiger partial charge in [-0.25, -0.2) is 13.1 Å². The molecule has 2 N–H and O–H groups in total. The lowest BCUT2D eigenvalue weighted by atomic mass is 9.86. The minimum atomic E-state index is -3.40. The Hall–Kier alpha value is -1.07. The third-order valence-electron chi connectivity index (χ3n) is 3.80. The van der Waals surface area contributed by atoms with Crippen molar-refractivity contribution >= 4 is 15.7 Å². The van der Waals surface area contributed by atoms with E-state index < -0.39 is 10.0 Å². The van der Waals surface area contributed by atoms with Gasteiger partial charge in [-0.1, -0.05) is 6.42 Å². The summed E-state index contributed by atoms with van der Waals surface area (Å²) in [6.45, 7) is 4.24. The molecule has 4 nitrogen and oxygen atoms in total. The molecule has 1 saturated carbocycles. The molecular weight excluding hydrogens is 260 g/mol. The van der Waals surface area contributed by atoms with E-state index in [0.717, 1.165) is 29.7 Å². The lowest BCUT2D eigenvalue weighted by Gasteiger charge is -2.25. The summed E-state index contributed by atoms with van der Waals surface area (Å²) < 4.78 is 27.5. The van der Waals surface area contributed by atoms with Crippen LogP contribution < -0.4 is 10.0 Å². The van der Waals surface area contributed by atoms with Gasteiger partial charge in [-0.05, 0) is 55.9 Å². The van der Waals surface area contributed by atoms with Gasteiger partial charge in [-0.15, -0.1) is 0 Å². The van der Waals surface area contributed by atoms with Gasteiger partial charge in [0.05, 0.1) is 4.90 Å². The number of nitrogens with one attached hydrogen (secondary N) is 2. The van der Waals surface area contributed by atoms with Crippen molar-refractivity contribution in [2.75, 3.05) is 18.9 Å². The predicted octanol–water partition coefficient (Wildman–Crippen LogP) is 2.42. The molecular formula is C14H22N2O2S. The first-order chi connectivity index (χ1) is 8.94. The fourth-order valence-corrected chi connectivity index (χ4v) is 4.08. The Kier molecular flexibility index (Phi) is 4.16. The third kappa shape index (κ3) is 3.09. The molecule has 2 rings (SSSR count). The van der Waals surface area contributed by atoms with Gasteiger partial charge >= 0.3 is 0 Å². The van der Waals surface area contributed by atoms with Crippen LogP contribution in [0.2, 0.25) is 0 Å². The molecule has 1 aliphatic rings. The number of sulfonamides is 1. The van der Waals surface area contributed by atoms with Gasteiger partial charge in [0.25, 0.3) is 0 Å². The summed E-state index contributed by atoms with van der Waals surface area (Å²) in [5, 5.41) is 3.04. The average Bonchev–Trinajstić information content (AvgIpc) is 2.25. The lowest BCUT2D eigenvalue weighted by Crippen LogP contribution is -2.33. The smallest absolute Gasteiger partial charge is 0.241 e. The summed E-state index contributed by atoms with van der Waals surface area (Å²) in [6, 6.07) is 3.73. The zero-order valence-electron chi connectivity index (χ0n) is 11.8. The van der Waals surface area contributed by atoms with Crippen molar-refractivity contribution in [1.29, 1.82) is 0 Å². The number of hydrogen-bond acceptors (Lipinski definition) is 3. The van der Waals surface area contributed by atoms with Crippen molar-refractivity contribution in [3.8, 4) is 0 Å². The first-order valence-electron chi connectivity index (χ1n) is 6.72. The Labute approximate surface area is 115 Å². The fraction of sp³-hybridized carbons (Fsp3) is 0.571. The Balaban J connectivity index is 2.23. The standard InChI is InChI=1S/C14H22N2O2S/c1-10-7-13(15-3)8-11(2)14(10)19(17,18)16-9-12-5-4-6-12/h7-8,12,15-16H,4-6,9H2,1-3H3. The van der Waals surface area contributed by atoms with Gasteiger partial charge in [0.2, 0.25) is 10.0 Å². The predicted molar refractivity (Wildman–Crippen MR) is 78.0 cm³/mol. The van der Waals surface area contributed by atoms with Gasteiger partial charge < -0.3 is 5.32 Å². The minimum Gasteiger partial charge on any atom is -0.388 e. The number of rotatable bonds is 5. The molecule has 0 radical (unpaired) electrons. The lowest BCUT2D eigenvalue weighted by molar-refractivity contribution is 0.316. The van der Waals surface area contributed by atoms with Gasteiger partial charge in [0.15, 0.2) is 0 Å². The van der Waals surface area contributed by atoms with E-state index in [-0.39, 0.29) is 0 Å². The largest absolute Gasteiger partial charge is 0.388 e. The molecule has 19 heavy (non-hydrogen) atoms. The Bertz CT molecular complexity index is 540. The van der Waals surface area contributed by atoms with Crippen LogP contribution >= 0.6 is 0 Å². The van der Waals surface area contributed by atoms with Crippen LogP contribution in [0.1, 0.15) is 30.4 Å². The van der Waals surface area contributed by atoms with Crippen LogP contribution in [0.3, 0.4) is 0 Å². The van der Waals surface area contributed by atoms with Crippen LogP contribution in [0, 0.1) is 19.8 Å². The van der Waals surface area contributed by atoms with Crippen LogP contribution in [-0.4, -0.2) is 22.0 Å². The van der Waals surface area contributed by atoms with Crippen LogP contribution in [0.5, 0.6) is 0 Å². The number of anilines is 1. The van der Waals surface area contributed by atoms with Crippen molar-refractivity contribution in [1.82, 2.24) is 4.72 Å². The van der Waals surface area contributed by atoms with E-state index in [1.165, 1.54) is 6.42 Å². The van der Waals surface area contributed by atoms with Crippen LogP contribution in [-0.2, 0) is 10.0 Å². The molecule has 0 aromatic heterocycles. The molecule has 0 heterocycles. The van der Waals surface area contributed by atoms with Crippen molar-refractivity contribution in [3.05, 3.63) is 23.3 Å². The Morgan fingerprint density at radius 2 is 1.79 bits per heavy atom. The summed E-state index contributed by atoms with van der Waals surface area (Å²) in [4.78, 5) is 0.422. The summed E-state index contributed by atoms with van der Waals surface area (Å²) >= 11 is 0. The number of aryl methyl sites for hydroxylation is 2.